The number of hydrogen-bond acceptors (Lipinski definition) is 2. The Balaban J connectivity index is 2.46. The first-order chi connectivity index (χ1) is 7.27. The van der Waals surface area contributed by atoms with E-state index in [1.807, 2.05) is 18.2 Å². The number of ketones is 1. The molecule has 0 N–H and O–H groups in total. The molecule has 0 spiro atoms. The van der Waals surface area contributed by atoms with Crippen LogP contribution in [0.25, 0.3) is 6.08 Å². The number of hydrogen-bond donors (Lipinski definition) is 0. The summed E-state index contributed by atoms with van der Waals surface area (Å²) in [4.78, 5) is 11.4. The molecule has 0 bridgehead atoms. The van der Waals surface area contributed by atoms with E-state index in [0.717, 1.165) is 23.3 Å². The van der Waals surface area contributed by atoms with E-state index in [1.54, 1.807) is 13.2 Å². The minimum Gasteiger partial charge on any atom is -0.496 e. The van der Waals surface area contributed by atoms with Gasteiger partial charge in [-0.3, -0.25) is 4.79 Å². The van der Waals surface area contributed by atoms with Crippen molar-refractivity contribution in [3.63, 3.8) is 0 Å². The Labute approximate surface area is 89.6 Å². The molecule has 2 heteroatoms. The maximum atomic E-state index is 11.4. The van der Waals surface area contributed by atoms with Gasteiger partial charge in [0, 0.05) is 17.9 Å². The average molecular weight is 202 g/mol. The average Bonchev–Trinajstić information content (AvgIpc) is 2.26. The predicted molar refractivity (Wildman–Crippen MR) is 60.1 cm³/mol. The molecule has 0 saturated heterocycles. The lowest BCUT2D eigenvalue weighted by Crippen LogP contribution is -2.24. The lowest BCUT2D eigenvalue weighted by molar-refractivity contribution is -0.125. The Hall–Kier alpha value is -1.57. The highest BCUT2D eigenvalue weighted by Crippen LogP contribution is 2.38. The molecule has 1 aliphatic rings. The molecule has 0 heterocycles. The van der Waals surface area contributed by atoms with E-state index in [1.165, 1.54) is 0 Å². The standard InChI is InChI=1S/C13H14O2/c1-3-9-10(11-7-8-12(11)14)5-4-6-13(9)15-2/h3-6,11H,1,7-8H2,2H3. The van der Waals surface area contributed by atoms with Crippen molar-refractivity contribution >= 4 is 11.9 Å². The van der Waals surface area contributed by atoms with Crippen molar-refractivity contribution in [2.24, 2.45) is 0 Å². The van der Waals surface area contributed by atoms with Crippen molar-refractivity contribution in [2.45, 2.75) is 18.8 Å². The van der Waals surface area contributed by atoms with E-state index in [-0.39, 0.29) is 5.92 Å². The molecule has 1 unspecified atom stereocenters. The second kappa shape index (κ2) is 3.89. The molecule has 0 amide bonds. The van der Waals surface area contributed by atoms with E-state index in [0.29, 0.717) is 12.2 Å². The summed E-state index contributed by atoms with van der Waals surface area (Å²) in [5, 5.41) is 0. The van der Waals surface area contributed by atoms with Gasteiger partial charge in [-0.05, 0) is 18.1 Å². The summed E-state index contributed by atoms with van der Waals surface area (Å²) in [6.07, 6.45) is 3.42. The van der Waals surface area contributed by atoms with Gasteiger partial charge < -0.3 is 4.74 Å². The summed E-state index contributed by atoms with van der Waals surface area (Å²) in [7, 11) is 1.63. The Morgan fingerprint density at radius 3 is 2.80 bits per heavy atom. The van der Waals surface area contributed by atoms with Crippen LogP contribution in [-0.4, -0.2) is 12.9 Å². The van der Waals surface area contributed by atoms with Crippen LogP contribution in [0.15, 0.2) is 24.8 Å². The number of methoxy groups -OCH3 is 1. The maximum absolute atomic E-state index is 11.4. The smallest absolute Gasteiger partial charge is 0.140 e. The number of carbonyl (C=O) groups is 1. The first kappa shape index (κ1) is 9.97. The van der Waals surface area contributed by atoms with Gasteiger partial charge in [0.1, 0.15) is 11.5 Å². The molecule has 1 fully saturated rings. The quantitative estimate of drug-likeness (QED) is 0.753. The zero-order valence-corrected chi connectivity index (χ0v) is 8.82. The van der Waals surface area contributed by atoms with Crippen LogP contribution in [-0.2, 0) is 4.79 Å². The summed E-state index contributed by atoms with van der Waals surface area (Å²) in [5.41, 5.74) is 2.01. The largest absolute Gasteiger partial charge is 0.496 e. The fraction of sp³-hybridized carbons (Fsp3) is 0.308. The lowest BCUT2D eigenvalue weighted by atomic mass is 9.77. The van der Waals surface area contributed by atoms with E-state index >= 15 is 0 Å². The monoisotopic (exact) mass is 202 g/mol. The zero-order chi connectivity index (χ0) is 10.8. The van der Waals surface area contributed by atoms with Gasteiger partial charge in [-0.15, -0.1) is 0 Å². The van der Waals surface area contributed by atoms with Crippen molar-refractivity contribution in [2.75, 3.05) is 7.11 Å². The van der Waals surface area contributed by atoms with Gasteiger partial charge in [0.2, 0.25) is 0 Å². The summed E-state index contributed by atoms with van der Waals surface area (Å²) in [5.74, 6) is 1.18. The Kier molecular flexibility index (Phi) is 2.58. The number of benzene rings is 1. The molecule has 1 atom stereocenters. The van der Waals surface area contributed by atoms with Crippen molar-refractivity contribution in [1.82, 2.24) is 0 Å². The normalized spacial score (nSPS) is 19.5. The summed E-state index contributed by atoms with van der Waals surface area (Å²) >= 11 is 0. The molecule has 1 aromatic rings. The molecule has 2 rings (SSSR count). The van der Waals surface area contributed by atoms with Crippen LogP contribution in [0.1, 0.15) is 29.9 Å². The zero-order valence-electron chi connectivity index (χ0n) is 8.82. The highest BCUT2D eigenvalue weighted by molar-refractivity contribution is 5.92. The molecule has 0 radical (unpaired) electrons. The third-order valence-corrected chi connectivity index (χ3v) is 2.97. The van der Waals surface area contributed by atoms with Crippen LogP contribution in [0, 0.1) is 0 Å². The molecule has 1 aromatic carbocycles. The number of rotatable bonds is 3. The van der Waals surface area contributed by atoms with Crippen LogP contribution in [0.2, 0.25) is 0 Å². The first-order valence-corrected chi connectivity index (χ1v) is 5.10. The summed E-state index contributed by atoms with van der Waals surface area (Å²) in [6.45, 7) is 3.77. The minimum atomic E-state index is 0.0631. The molecule has 0 aromatic heterocycles. The fourth-order valence-electron chi connectivity index (χ4n) is 2.00. The highest BCUT2D eigenvalue weighted by Gasteiger charge is 2.31. The van der Waals surface area contributed by atoms with Gasteiger partial charge in [0.15, 0.2) is 0 Å². The van der Waals surface area contributed by atoms with Crippen molar-refractivity contribution in [1.29, 1.82) is 0 Å². The van der Waals surface area contributed by atoms with Crippen molar-refractivity contribution in [3.05, 3.63) is 35.9 Å². The van der Waals surface area contributed by atoms with Crippen LogP contribution in [0.5, 0.6) is 5.75 Å². The lowest BCUT2D eigenvalue weighted by Gasteiger charge is -2.26. The third-order valence-electron chi connectivity index (χ3n) is 2.97. The van der Waals surface area contributed by atoms with Crippen LogP contribution < -0.4 is 4.74 Å². The first-order valence-electron chi connectivity index (χ1n) is 5.10. The summed E-state index contributed by atoms with van der Waals surface area (Å²) < 4.78 is 5.25. The molecule has 15 heavy (non-hydrogen) atoms. The highest BCUT2D eigenvalue weighted by atomic mass is 16.5. The number of carbonyl (C=O) groups excluding carboxylic acids is 1. The second-order valence-electron chi connectivity index (χ2n) is 3.72. The van der Waals surface area contributed by atoms with Gasteiger partial charge in [0.25, 0.3) is 0 Å². The van der Waals surface area contributed by atoms with Crippen LogP contribution in [0.4, 0.5) is 0 Å². The van der Waals surface area contributed by atoms with E-state index in [2.05, 4.69) is 6.58 Å². The number of ether oxygens (including phenoxy) is 1. The van der Waals surface area contributed by atoms with E-state index in [4.69, 9.17) is 4.74 Å². The second-order valence-corrected chi connectivity index (χ2v) is 3.72. The molecule has 1 saturated carbocycles. The van der Waals surface area contributed by atoms with Gasteiger partial charge in [-0.1, -0.05) is 24.8 Å². The Bertz CT molecular complexity index is 407. The maximum Gasteiger partial charge on any atom is 0.140 e. The van der Waals surface area contributed by atoms with E-state index in [9.17, 15) is 4.79 Å². The molecular formula is C13H14O2. The van der Waals surface area contributed by atoms with Gasteiger partial charge in [-0.2, -0.15) is 0 Å². The minimum absolute atomic E-state index is 0.0631. The van der Waals surface area contributed by atoms with E-state index < -0.39 is 0 Å². The SMILES string of the molecule is C=Cc1c(OC)cccc1C1CCC1=O. The fourth-order valence-corrected chi connectivity index (χ4v) is 2.00. The predicted octanol–water partition coefficient (Wildman–Crippen LogP) is 2.78. The number of Topliss-reactive ketones (excluding diaryl/α,β-unsaturated/α-hetero) is 1. The Morgan fingerprint density at radius 2 is 2.33 bits per heavy atom. The van der Waals surface area contributed by atoms with Gasteiger partial charge >= 0.3 is 0 Å². The molecule has 1 aliphatic carbocycles. The van der Waals surface area contributed by atoms with Crippen molar-refractivity contribution < 1.29 is 9.53 Å². The van der Waals surface area contributed by atoms with Gasteiger partial charge in [-0.25, -0.2) is 0 Å². The summed E-state index contributed by atoms with van der Waals surface area (Å²) in [6, 6.07) is 5.80. The molecule has 2 nitrogen and oxygen atoms in total. The topological polar surface area (TPSA) is 26.3 Å². The Morgan fingerprint density at radius 1 is 1.53 bits per heavy atom. The van der Waals surface area contributed by atoms with Crippen LogP contribution in [0.3, 0.4) is 0 Å². The van der Waals surface area contributed by atoms with Crippen molar-refractivity contribution in [3.8, 4) is 5.75 Å². The van der Waals surface area contributed by atoms with Gasteiger partial charge in [0.05, 0.1) is 7.11 Å². The third kappa shape index (κ3) is 1.56. The van der Waals surface area contributed by atoms with Crippen LogP contribution >= 0.6 is 0 Å². The molecule has 0 aliphatic heterocycles. The molecule has 78 valence electrons. The molecular weight excluding hydrogens is 188 g/mol.